The summed E-state index contributed by atoms with van der Waals surface area (Å²) in [5.41, 5.74) is 5.06. The Bertz CT molecular complexity index is 1030. The van der Waals surface area contributed by atoms with Gasteiger partial charge in [-0.25, -0.2) is 8.42 Å². The SMILES string of the molecule is C/C(=N/Nc1ccc(S(=O)(=O)N2CCOCC2)cc1[N+](=O)[O-])c1ccc(C)cc1. The van der Waals surface area contributed by atoms with Crippen molar-refractivity contribution in [3.63, 3.8) is 0 Å². The van der Waals surface area contributed by atoms with E-state index < -0.39 is 14.9 Å². The number of nitro groups is 1. The number of sulfonamides is 1. The maximum atomic E-state index is 12.8. The molecule has 2 aromatic carbocycles. The number of aryl methyl sites for hydroxylation is 1. The van der Waals surface area contributed by atoms with Crippen LogP contribution in [0, 0.1) is 17.0 Å². The van der Waals surface area contributed by atoms with Gasteiger partial charge < -0.3 is 4.74 Å². The Morgan fingerprint density at radius 1 is 1.17 bits per heavy atom. The van der Waals surface area contributed by atoms with Crippen molar-refractivity contribution in [2.75, 3.05) is 31.7 Å². The number of hydrogen-bond acceptors (Lipinski definition) is 7. The number of hydrogen-bond donors (Lipinski definition) is 1. The van der Waals surface area contributed by atoms with Gasteiger partial charge in [-0.05, 0) is 31.5 Å². The van der Waals surface area contributed by atoms with Gasteiger partial charge in [-0.15, -0.1) is 0 Å². The topological polar surface area (TPSA) is 114 Å². The van der Waals surface area contributed by atoms with E-state index in [0.717, 1.165) is 17.2 Å². The maximum absolute atomic E-state index is 12.8. The van der Waals surface area contributed by atoms with E-state index >= 15 is 0 Å². The third-order valence-electron chi connectivity index (χ3n) is 4.59. The van der Waals surface area contributed by atoms with Crippen molar-refractivity contribution in [3.05, 3.63) is 63.7 Å². The predicted molar refractivity (Wildman–Crippen MR) is 110 cm³/mol. The Hall–Kier alpha value is -2.82. The summed E-state index contributed by atoms with van der Waals surface area (Å²) in [6.07, 6.45) is 0. The molecule has 0 bridgehead atoms. The van der Waals surface area contributed by atoms with Gasteiger partial charge in [0.05, 0.1) is 28.7 Å². The lowest BCUT2D eigenvalue weighted by molar-refractivity contribution is -0.384. The van der Waals surface area contributed by atoms with E-state index in [9.17, 15) is 18.5 Å². The highest BCUT2D eigenvalue weighted by Crippen LogP contribution is 2.29. The molecule has 0 aliphatic carbocycles. The van der Waals surface area contributed by atoms with E-state index in [2.05, 4.69) is 10.5 Å². The second-order valence-electron chi connectivity index (χ2n) is 6.63. The van der Waals surface area contributed by atoms with Crippen molar-refractivity contribution in [1.29, 1.82) is 0 Å². The van der Waals surface area contributed by atoms with Crippen molar-refractivity contribution in [1.82, 2.24) is 4.31 Å². The molecule has 9 nitrogen and oxygen atoms in total. The minimum atomic E-state index is -3.83. The van der Waals surface area contributed by atoms with Gasteiger partial charge in [0, 0.05) is 19.2 Å². The molecule has 3 rings (SSSR count). The van der Waals surface area contributed by atoms with Gasteiger partial charge in [0.25, 0.3) is 5.69 Å². The van der Waals surface area contributed by atoms with Gasteiger partial charge in [-0.2, -0.15) is 9.41 Å². The molecule has 0 atom stereocenters. The average Bonchev–Trinajstić information content (AvgIpc) is 2.73. The van der Waals surface area contributed by atoms with Crippen LogP contribution in [0.5, 0.6) is 0 Å². The summed E-state index contributed by atoms with van der Waals surface area (Å²) in [5, 5.41) is 15.7. The number of nitro benzene ring substituents is 1. The summed E-state index contributed by atoms with van der Waals surface area (Å²) in [6.45, 7) is 4.79. The number of hydrazone groups is 1. The predicted octanol–water partition coefficient (Wildman–Crippen LogP) is 2.76. The standard InChI is InChI=1S/C19H22N4O5S/c1-14-3-5-16(6-4-14)15(2)20-21-18-8-7-17(13-19(18)23(24)25)29(26,27)22-9-11-28-12-10-22/h3-8,13,21H,9-12H2,1-2H3/b20-15-. The van der Waals surface area contributed by atoms with Crippen LogP contribution in [-0.4, -0.2) is 49.7 Å². The molecule has 29 heavy (non-hydrogen) atoms. The van der Waals surface area contributed by atoms with E-state index in [1.807, 2.05) is 31.2 Å². The zero-order valence-corrected chi connectivity index (χ0v) is 17.0. The zero-order chi connectivity index (χ0) is 21.0. The average molecular weight is 418 g/mol. The third-order valence-corrected chi connectivity index (χ3v) is 6.48. The van der Waals surface area contributed by atoms with Crippen molar-refractivity contribution in [2.45, 2.75) is 18.7 Å². The first-order valence-electron chi connectivity index (χ1n) is 9.03. The summed E-state index contributed by atoms with van der Waals surface area (Å²) >= 11 is 0. The highest BCUT2D eigenvalue weighted by Gasteiger charge is 2.28. The van der Waals surface area contributed by atoms with E-state index in [0.29, 0.717) is 18.9 Å². The van der Waals surface area contributed by atoms with Crippen molar-refractivity contribution < 1.29 is 18.1 Å². The van der Waals surface area contributed by atoms with Crippen LogP contribution in [0.25, 0.3) is 0 Å². The number of morpholine rings is 1. The number of ether oxygens (including phenoxy) is 1. The molecule has 154 valence electrons. The molecule has 1 fully saturated rings. The van der Waals surface area contributed by atoms with Crippen molar-refractivity contribution in [3.8, 4) is 0 Å². The van der Waals surface area contributed by atoms with Crippen molar-refractivity contribution in [2.24, 2.45) is 5.10 Å². The van der Waals surface area contributed by atoms with Crippen LogP contribution in [0.3, 0.4) is 0 Å². The number of nitrogens with one attached hydrogen (secondary N) is 1. The fourth-order valence-electron chi connectivity index (χ4n) is 2.86. The molecule has 2 aromatic rings. The Labute approximate surface area is 169 Å². The Kier molecular flexibility index (Phi) is 6.26. The molecular weight excluding hydrogens is 396 g/mol. The van der Waals surface area contributed by atoms with Gasteiger partial charge in [0.15, 0.2) is 0 Å². The monoisotopic (exact) mass is 418 g/mol. The Morgan fingerprint density at radius 3 is 2.45 bits per heavy atom. The van der Waals surface area contributed by atoms with Gasteiger partial charge in [0.1, 0.15) is 5.69 Å². The summed E-state index contributed by atoms with van der Waals surface area (Å²) < 4.78 is 31.9. The molecule has 1 N–H and O–H groups in total. The summed E-state index contributed by atoms with van der Waals surface area (Å²) in [6, 6.07) is 11.5. The highest BCUT2D eigenvalue weighted by atomic mass is 32.2. The molecule has 1 aliphatic rings. The van der Waals surface area contributed by atoms with Crippen LogP contribution in [0.4, 0.5) is 11.4 Å². The lowest BCUT2D eigenvalue weighted by Gasteiger charge is -2.26. The molecule has 1 aliphatic heterocycles. The van der Waals surface area contributed by atoms with Crippen LogP contribution in [0.15, 0.2) is 52.5 Å². The first kappa shape index (κ1) is 20.9. The third kappa shape index (κ3) is 4.78. The molecule has 0 amide bonds. The summed E-state index contributed by atoms with van der Waals surface area (Å²) in [5.74, 6) is 0. The molecule has 0 aromatic heterocycles. The summed E-state index contributed by atoms with van der Waals surface area (Å²) in [4.78, 5) is 10.8. The van der Waals surface area contributed by atoms with Crippen LogP contribution < -0.4 is 5.43 Å². The second-order valence-corrected chi connectivity index (χ2v) is 8.57. The normalized spacial score (nSPS) is 15.9. The number of rotatable bonds is 6. The molecule has 0 unspecified atom stereocenters. The summed E-state index contributed by atoms with van der Waals surface area (Å²) in [7, 11) is -3.83. The molecule has 0 radical (unpaired) electrons. The minimum absolute atomic E-state index is 0.113. The molecule has 10 heteroatoms. The Balaban J connectivity index is 1.87. The zero-order valence-electron chi connectivity index (χ0n) is 16.2. The van der Waals surface area contributed by atoms with E-state index in [-0.39, 0.29) is 29.4 Å². The largest absolute Gasteiger partial charge is 0.379 e. The van der Waals surface area contributed by atoms with Crippen LogP contribution in [-0.2, 0) is 14.8 Å². The molecule has 0 saturated carbocycles. The van der Waals surface area contributed by atoms with Gasteiger partial charge >= 0.3 is 0 Å². The maximum Gasteiger partial charge on any atom is 0.295 e. The van der Waals surface area contributed by atoms with Crippen LogP contribution in [0.2, 0.25) is 0 Å². The second kappa shape index (κ2) is 8.68. The number of benzene rings is 2. The molecule has 1 heterocycles. The van der Waals surface area contributed by atoms with Gasteiger partial charge in [-0.3, -0.25) is 15.5 Å². The van der Waals surface area contributed by atoms with Crippen LogP contribution >= 0.6 is 0 Å². The number of nitrogens with zero attached hydrogens (tertiary/aromatic N) is 3. The highest BCUT2D eigenvalue weighted by molar-refractivity contribution is 7.89. The smallest absolute Gasteiger partial charge is 0.295 e. The molecular formula is C19H22N4O5S. The van der Waals surface area contributed by atoms with Gasteiger partial charge in [0.2, 0.25) is 10.0 Å². The fraction of sp³-hybridized carbons (Fsp3) is 0.316. The minimum Gasteiger partial charge on any atom is -0.379 e. The van der Waals surface area contributed by atoms with E-state index in [4.69, 9.17) is 4.74 Å². The Morgan fingerprint density at radius 2 is 1.83 bits per heavy atom. The quantitative estimate of drug-likeness (QED) is 0.438. The fourth-order valence-corrected chi connectivity index (χ4v) is 4.29. The van der Waals surface area contributed by atoms with Gasteiger partial charge in [-0.1, -0.05) is 29.8 Å². The van der Waals surface area contributed by atoms with Crippen molar-refractivity contribution >= 4 is 27.1 Å². The lowest BCUT2D eigenvalue weighted by atomic mass is 10.1. The first-order valence-corrected chi connectivity index (χ1v) is 10.5. The molecule has 1 saturated heterocycles. The van der Waals surface area contributed by atoms with Crippen LogP contribution in [0.1, 0.15) is 18.1 Å². The van der Waals surface area contributed by atoms with E-state index in [1.165, 1.54) is 16.4 Å². The van der Waals surface area contributed by atoms with E-state index in [1.54, 1.807) is 6.92 Å². The lowest BCUT2D eigenvalue weighted by Crippen LogP contribution is -2.40. The number of anilines is 1. The molecule has 0 spiro atoms. The first-order chi connectivity index (χ1) is 13.8.